The first kappa shape index (κ1) is 16.2. The molecule has 2 fully saturated rings. The number of hydrogen-bond acceptors (Lipinski definition) is 7. The molecule has 0 saturated carbocycles. The van der Waals surface area contributed by atoms with Crippen LogP contribution in [0.25, 0.3) is 0 Å². The van der Waals surface area contributed by atoms with Crippen LogP contribution in [0.3, 0.4) is 0 Å². The number of nitrogens with zero attached hydrogens (tertiary/aromatic N) is 6. The highest BCUT2D eigenvalue weighted by atomic mass is 16.5. The van der Waals surface area contributed by atoms with Gasteiger partial charge in [0, 0.05) is 45.8 Å². The van der Waals surface area contributed by atoms with E-state index in [0.717, 1.165) is 70.8 Å². The van der Waals surface area contributed by atoms with E-state index in [2.05, 4.69) is 55.2 Å². The van der Waals surface area contributed by atoms with Gasteiger partial charge in [-0.1, -0.05) is 30.3 Å². The van der Waals surface area contributed by atoms with Gasteiger partial charge in [0.2, 0.25) is 5.95 Å². The number of morpholine rings is 1. The maximum absolute atomic E-state index is 5.41. The average Bonchev–Trinajstić information content (AvgIpc) is 2.70. The zero-order valence-corrected chi connectivity index (χ0v) is 14.4. The van der Waals surface area contributed by atoms with Crippen molar-refractivity contribution in [1.29, 1.82) is 0 Å². The summed E-state index contributed by atoms with van der Waals surface area (Å²) in [7, 11) is 0. The minimum atomic E-state index is 0.739. The van der Waals surface area contributed by atoms with Crippen LogP contribution in [0.15, 0.2) is 36.5 Å². The van der Waals surface area contributed by atoms with Crippen molar-refractivity contribution in [3.8, 4) is 0 Å². The van der Waals surface area contributed by atoms with E-state index in [-0.39, 0.29) is 0 Å². The van der Waals surface area contributed by atoms with Gasteiger partial charge >= 0.3 is 0 Å². The van der Waals surface area contributed by atoms with E-state index in [0.29, 0.717) is 0 Å². The third-order valence-electron chi connectivity index (χ3n) is 4.77. The zero-order chi connectivity index (χ0) is 16.9. The van der Waals surface area contributed by atoms with Crippen LogP contribution in [0.4, 0.5) is 11.8 Å². The number of anilines is 2. The van der Waals surface area contributed by atoms with Crippen LogP contribution in [0.5, 0.6) is 0 Å². The number of ether oxygens (including phenoxy) is 1. The summed E-state index contributed by atoms with van der Waals surface area (Å²) < 4.78 is 5.41. The molecule has 1 aromatic heterocycles. The lowest BCUT2D eigenvalue weighted by Crippen LogP contribution is -2.46. The van der Waals surface area contributed by atoms with E-state index in [4.69, 9.17) is 9.72 Å². The molecule has 7 nitrogen and oxygen atoms in total. The lowest BCUT2D eigenvalue weighted by Gasteiger charge is -2.35. The SMILES string of the molecule is c1ccc(CN2CCN(c3nncc(N4CCOCC4)n3)CC2)cc1. The average molecular weight is 340 g/mol. The van der Waals surface area contributed by atoms with Crippen molar-refractivity contribution in [3.63, 3.8) is 0 Å². The molecular formula is C18H24N6O. The minimum absolute atomic E-state index is 0.739. The van der Waals surface area contributed by atoms with Crippen LogP contribution in [-0.2, 0) is 11.3 Å². The van der Waals surface area contributed by atoms with E-state index < -0.39 is 0 Å². The number of piperazine rings is 1. The first-order valence-electron chi connectivity index (χ1n) is 8.92. The van der Waals surface area contributed by atoms with Gasteiger partial charge in [-0.15, -0.1) is 5.10 Å². The highest BCUT2D eigenvalue weighted by Crippen LogP contribution is 2.17. The molecule has 2 aliphatic rings. The first-order valence-corrected chi connectivity index (χ1v) is 8.92. The number of rotatable bonds is 4. The fourth-order valence-electron chi connectivity index (χ4n) is 3.31. The van der Waals surface area contributed by atoms with Crippen molar-refractivity contribution in [2.75, 3.05) is 62.3 Å². The third kappa shape index (κ3) is 4.05. The summed E-state index contributed by atoms with van der Waals surface area (Å²) in [6.45, 7) is 8.12. The molecule has 0 bridgehead atoms. The molecule has 2 saturated heterocycles. The summed E-state index contributed by atoms with van der Waals surface area (Å²) in [6, 6.07) is 10.6. The van der Waals surface area contributed by atoms with Crippen LogP contribution in [0, 0.1) is 0 Å². The minimum Gasteiger partial charge on any atom is -0.378 e. The van der Waals surface area contributed by atoms with E-state index in [1.54, 1.807) is 6.20 Å². The van der Waals surface area contributed by atoms with Gasteiger partial charge in [-0.05, 0) is 5.56 Å². The highest BCUT2D eigenvalue weighted by molar-refractivity contribution is 5.42. The maximum atomic E-state index is 5.41. The molecule has 0 aliphatic carbocycles. The molecular weight excluding hydrogens is 316 g/mol. The Hall–Kier alpha value is -2.25. The molecule has 0 N–H and O–H groups in total. The monoisotopic (exact) mass is 340 g/mol. The Morgan fingerprint density at radius 3 is 2.40 bits per heavy atom. The Morgan fingerprint density at radius 2 is 1.64 bits per heavy atom. The molecule has 2 aromatic rings. The second-order valence-electron chi connectivity index (χ2n) is 6.46. The predicted molar refractivity (Wildman–Crippen MR) is 96.8 cm³/mol. The summed E-state index contributed by atoms with van der Waals surface area (Å²) in [6.07, 6.45) is 1.75. The summed E-state index contributed by atoms with van der Waals surface area (Å²) in [5.74, 6) is 1.64. The fourth-order valence-corrected chi connectivity index (χ4v) is 3.31. The second-order valence-corrected chi connectivity index (χ2v) is 6.46. The van der Waals surface area contributed by atoms with Gasteiger partial charge in [0.15, 0.2) is 5.82 Å². The van der Waals surface area contributed by atoms with Gasteiger partial charge < -0.3 is 14.5 Å². The van der Waals surface area contributed by atoms with Crippen molar-refractivity contribution in [2.45, 2.75) is 6.54 Å². The molecule has 3 heterocycles. The summed E-state index contributed by atoms with van der Waals surface area (Å²) in [5, 5.41) is 8.43. The van der Waals surface area contributed by atoms with Crippen molar-refractivity contribution >= 4 is 11.8 Å². The standard InChI is InChI=1S/C18H24N6O/c1-2-4-16(5-3-1)15-22-6-8-24(9-7-22)18-20-17(14-19-21-18)23-10-12-25-13-11-23/h1-5,14H,6-13,15H2. The molecule has 25 heavy (non-hydrogen) atoms. The predicted octanol–water partition coefficient (Wildman–Crippen LogP) is 1.03. The quantitative estimate of drug-likeness (QED) is 0.824. The van der Waals surface area contributed by atoms with E-state index >= 15 is 0 Å². The van der Waals surface area contributed by atoms with Gasteiger partial charge in [-0.2, -0.15) is 10.1 Å². The molecule has 0 spiro atoms. The molecule has 0 radical (unpaired) electrons. The molecule has 7 heteroatoms. The van der Waals surface area contributed by atoms with Crippen LogP contribution in [0.1, 0.15) is 5.56 Å². The molecule has 4 rings (SSSR count). The van der Waals surface area contributed by atoms with Crippen molar-refractivity contribution in [1.82, 2.24) is 20.1 Å². The van der Waals surface area contributed by atoms with Gasteiger partial charge in [0.05, 0.1) is 19.4 Å². The van der Waals surface area contributed by atoms with Gasteiger partial charge in [-0.3, -0.25) is 4.90 Å². The largest absolute Gasteiger partial charge is 0.378 e. The Morgan fingerprint density at radius 1 is 0.880 bits per heavy atom. The van der Waals surface area contributed by atoms with E-state index in [1.165, 1.54) is 5.56 Å². The number of aromatic nitrogens is 3. The molecule has 2 aliphatic heterocycles. The number of hydrogen-bond donors (Lipinski definition) is 0. The Bertz CT molecular complexity index is 668. The summed E-state index contributed by atoms with van der Waals surface area (Å²) in [5.41, 5.74) is 1.36. The van der Waals surface area contributed by atoms with Crippen LogP contribution in [0.2, 0.25) is 0 Å². The van der Waals surface area contributed by atoms with E-state index in [9.17, 15) is 0 Å². The van der Waals surface area contributed by atoms with Crippen molar-refractivity contribution < 1.29 is 4.74 Å². The molecule has 132 valence electrons. The van der Waals surface area contributed by atoms with Crippen molar-refractivity contribution in [2.24, 2.45) is 0 Å². The highest BCUT2D eigenvalue weighted by Gasteiger charge is 2.21. The van der Waals surface area contributed by atoms with Gasteiger partial charge in [0.1, 0.15) is 0 Å². The topological polar surface area (TPSA) is 57.6 Å². The lowest BCUT2D eigenvalue weighted by molar-refractivity contribution is 0.122. The fraction of sp³-hybridized carbons (Fsp3) is 0.500. The number of benzene rings is 1. The zero-order valence-electron chi connectivity index (χ0n) is 14.4. The molecule has 0 atom stereocenters. The van der Waals surface area contributed by atoms with Gasteiger partial charge in [-0.25, -0.2) is 0 Å². The molecule has 0 unspecified atom stereocenters. The Labute approximate surface area is 148 Å². The van der Waals surface area contributed by atoms with Gasteiger partial charge in [0.25, 0.3) is 0 Å². The summed E-state index contributed by atoms with van der Waals surface area (Å²) in [4.78, 5) is 11.7. The Balaban J connectivity index is 1.36. The first-order chi connectivity index (χ1) is 12.4. The van der Waals surface area contributed by atoms with Crippen LogP contribution in [-0.4, -0.2) is 72.6 Å². The lowest BCUT2D eigenvalue weighted by atomic mass is 10.2. The third-order valence-corrected chi connectivity index (χ3v) is 4.77. The maximum Gasteiger partial charge on any atom is 0.247 e. The molecule has 1 aromatic carbocycles. The molecule has 0 amide bonds. The second kappa shape index (κ2) is 7.76. The van der Waals surface area contributed by atoms with E-state index in [1.807, 2.05) is 0 Å². The van der Waals surface area contributed by atoms with Crippen LogP contribution < -0.4 is 9.80 Å². The van der Waals surface area contributed by atoms with Crippen LogP contribution >= 0.6 is 0 Å². The van der Waals surface area contributed by atoms with Crippen molar-refractivity contribution in [3.05, 3.63) is 42.1 Å². The Kier molecular flexibility index (Phi) is 5.03. The summed E-state index contributed by atoms with van der Waals surface area (Å²) >= 11 is 0. The smallest absolute Gasteiger partial charge is 0.247 e. The normalized spacial score (nSPS) is 19.2.